The number of anilines is 2. The second-order valence-corrected chi connectivity index (χ2v) is 4.02. The van der Waals surface area contributed by atoms with E-state index in [2.05, 4.69) is 11.9 Å². The van der Waals surface area contributed by atoms with Gasteiger partial charge in [-0.1, -0.05) is 30.8 Å². The minimum Gasteiger partial charge on any atom is -0.397 e. The van der Waals surface area contributed by atoms with Gasteiger partial charge in [-0.05, 0) is 29.8 Å². The van der Waals surface area contributed by atoms with Crippen molar-refractivity contribution >= 4 is 28.1 Å². The molecule has 2 aromatic rings. The number of benzene rings is 2. The predicted octanol–water partition coefficient (Wildman–Crippen LogP) is 2.94. The number of nitrogens with two attached hydrogens (primary N) is 1. The van der Waals surface area contributed by atoms with Crippen LogP contribution in [0.1, 0.15) is 6.92 Å². The zero-order valence-electron chi connectivity index (χ0n) is 9.66. The number of hydrogen-bond donors (Lipinski definition) is 2. The van der Waals surface area contributed by atoms with Crippen molar-refractivity contribution in [2.75, 3.05) is 11.1 Å². The van der Waals surface area contributed by atoms with Crippen LogP contribution in [0, 0.1) is 0 Å². The van der Waals surface area contributed by atoms with Crippen molar-refractivity contribution in [2.24, 2.45) is 0 Å². The van der Waals surface area contributed by atoms with Gasteiger partial charge in [0, 0.05) is 5.57 Å². The quantitative estimate of drug-likeness (QED) is 0.611. The monoisotopic (exact) mass is 226 g/mol. The normalized spacial score (nSPS) is 10.2. The Bertz CT molecular complexity index is 602. The van der Waals surface area contributed by atoms with E-state index in [0.717, 1.165) is 10.8 Å². The highest BCUT2D eigenvalue weighted by molar-refractivity contribution is 6.06. The molecule has 0 atom stereocenters. The van der Waals surface area contributed by atoms with E-state index in [-0.39, 0.29) is 5.91 Å². The number of rotatable bonds is 2. The van der Waals surface area contributed by atoms with Gasteiger partial charge in [0.15, 0.2) is 0 Å². The number of hydrogen-bond acceptors (Lipinski definition) is 2. The lowest BCUT2D eigenvalue weighted by Crippen LogP contribution is -2.13. The lowest BCUT2D eigenvalue weighted by atomic mass is 10.1. The summed E-state index contributed by atoms with van der Waals surface area (Å²) in [7, 11) is 0. The Morgan fingerprint density at radius 3 is 2.41 bits per heavy atom. The summed E-state index contributed by atoms with van der Waals surface area (Å²) in [5, 5.41) is 4.83. The Morgan fingerprint density at radius 2 is 1.82 bits per heavy atom. The molecule has 0 unspecified atom stereocenters. The molecule has 0 saturated heterocycles. The average Bonchev–Trinajstić information content (AvgIpc) is 2.29. The molecule has 0 heterocycles. The average molecular weight is 226 g/mol. The van der Waals surface area contributed by atoms with Gasteiger partial charge in [0.1, 0.15) is 0 Å². The molecule has 3 heteroatoms. The minimum absolute atomic E-state index is 0.216. The van der Waals surface area contributed by atoms with Crippen molar-refractivity contribution in [1.29, 1.82) is 0 Å². The van der Waals surface area contributed by atoms with E-state index in [1.54, 1.807) is 6.92 Å². The second kappa shape index (κ2) is 4.29. The maximum atomic E-state index is 11.5. The summed E-state index contributed by atoms with van der Waals surface area (Å²) < 4.78 is 0. The van der Waals surface area contributed by atoms with Crippen molar-refractivity contribution in [1.82, 2.24) is 0 Å². The van der Waals surface area contributed by atoms with Gasteiger partial charge in [-0.15, -0.1) is 0 Å². The van der Waals surface area contributed by atoms with Gasteiger partial charge in [-0.25, -0.2) is 0 Å². The summed E-state index contributed by atoms with van der Waals surface area (Å²) in [6.07, 6.45) is 0. The van der Waals surface area contributed by atoms with Crippen molar-refractivity contribution in [3.05, 3.63) is 48.6 Å². The molecule has 86 valence electrons. The second-order valence-electron chi connectivity index (χ2n) is 4.02. The lowest BCUT2D eigenvalue weighted by molar-refractivity contribution is -0.112. The molecule has 0 bridgehead atoms. The SMILES string of the molecule is C=C(C)C(=O)Nc1cc2ccccc2cc1N. The zero-order valence-corrected chi connectivity index (χ0v) is 9.66. The summed E-state index contributed by atoms with van der Waals surface area (Å²) in [5.74, 6) is -0.216. The maximum Gasteiger partial charge on any atom is 0.250 e. The topological polar surface area (TPSA) is 55.1 Å². The molecule has 3 N–H and O–H groups in total. The van der Waals surface area contributed by atoms with Crippen molar-refractivity contribution in [3.63, 3.8) is 0 Å². The maximum absolute atomic E-state index is 11.5. The number of nitrogen functional groups attached to an aromatic ring is 1. The van der Waals surface area contributed by atoms with E-state index in [1.165, 1.54) is 0 Å². The Morgan fingerprint density at radius 1 is 1.24 bits per heavy atom. The molecule has 2 rings (SSSR count). The molecule has 0 saturated carbocycles. The Balaban J connectivity index is 2.44. The smallest absolute Gasteiger partial charge is 0.250 e. The number of carbonyl (C=O) groups is 1. The summed E-state index contributed by atoms with van der Waals surface area (Å²) in [6, 6.07) is 11.6. The molecule has 1 amide bonds. The summed E-state index contributed by atoms with van der Waals surface area (Å²) in [5.41, 5.74) is 7.52. The molecule has 2 aromatic carbocycles. The number of carbonyl (C=O) groups excluding carboxylic acids is 1. The molecule has 0 aliphatic heterocycles. The number of fused-ring (bicyclic) bond motifs is 1. The first kappa shape index (κ1) is 11.2. The molecule has 0 aliphatic carbocycles. The Kier molecular flexibility index (Phi) is 2.83. The standard InChI is InChI=1S/C14H14N2O/c1-9(2)14(17)16-13-8-11-6-4-3-5-10(11)7-12(13)15/h3-8H,1,15H2,2H3,(H,16,17). The van der Waals surface area contributed by atoms with Gasteiger partial charge in [0.05, 0.1) is 11.4 Å². The number of amides is 1. The van der Waals surface area contributed by atoms with Crippen LogP contribution >= 0.6 is 0 Å². The molecule has 0 aromatic heterocycles. The van der Waals surface area contributed by atoms with Crippen LogP contribution in [0.15, 0.2) is 48.6 Å². The fourth-order valence-corrected chi connectivity index (χ4v) is 1.60. The van der Waals surface area contributed by atoms with Gasteiger partial charge in [0.25, 0.3) is 5.91 Å². The van der Waals surface area contributed by atoms with Crippen LogP contribution < -0.4 is 11.1 Å². The first-order valence-electron chi connectivity index (χ1n) is 5.33. The van der Waals surface area contributed by atoms with Crippen LogP contribution in [0.2, 0.25) is 0 Å². The lowest BCUT2D eigenvalue weighted by Gasteiger charge is -2.09. The zero-order chi connectivity index (χ0) is 12.4. The van der Waals surface area contributed by atoms with Gasteiger partial charge < -0.3 is 11.1 Å². The molecular weight excluding hydrogens is 212 g/mol. The first-order valence-corrected chi connectivity index (χ1v) is 5.33. The fourth-order valence-electron chi connectivity index (χ4n) is 1.60. The third-order valence-corrected chi connectivity index (χ3v) is 2.55. The van der Waals surface area contributed by atoms with E-state index in [1.807, 2.05) is 36.4 Å². The van der Waals surface area contributed by atoms with Gasteiger partial charge in [-0.3, -0.25) is 4.79 Å². The first-order chi connectivity index (χ1) is 8.08. The largest absolute Gasteiger partial charge is 0.397 e. The van der Waals surface area contributed by atoms with Crippen LogP contribution in [0.25, 0.3) is 10.8 Å². The molecular formula is C14H14N2O. The summed E-state index contributed by atoms with van der Waals surface area (Å²) in [6.45, 7) is 5.25. The van der Waals surface area contributed by atoms with Crippen LogP contribution in [0.3, 0.4) is 0 Å². The van der Waals surface area contributed by atoms with E-state index < -0.39 is 0 Å². The molecule has 3 nitrogen and oxygen atoms in total. The highest BCUT2D eigenvalue weighted by atomic mass is 16.1. The van der Waals surface area contributed by atoms with E-state index in [4.69, 9.17) is 5.73 Å². The van der Waals surface area contributed by atoms with Gasteiger partial charge in [0.2, 0.25) is 0 Å². The Labute approximate surface area is 99.9 Å². The van der Waals surface area contributed by atoms with Crippen molar-refractivity contribution in [3.8, 4) is 0 Å². The highest BCUT2D eigenvalue weighted by Gasteiger charge is 2.06. The summed E-state index contributed by atoms with van der Waals surface area (Å²) >= 11 is 0. The fraction of sp³-hybridized carbons (Fsp3) is 0.0714. The molecule has 0 fully saturated rings. The van der Waals surface area contributed by atoms with Crippen molar-refractivity contribution in [2.45, 2.75) is 6.92 Å². The Hall–Kier alpha value is -2.29. The van der Waals surface area contributed by atoms with E-state index in [9.17, 15) is 4.79 Å². The predicted molar refractivity (Wildman–Crippen MR) is 71.8 cm³/mol. The molecule has 0 spiro atoms. The number of nitrogens with one attached hydrogen (secondary N) is 1. The third kappa shape index (κ3) is 2.28. The van der Waals surface area contributed by atoms with E-state index in [0.29, 0.717) is 16.9 Å². The van der Waals surface area contributed by atoms with E-state index >= 15 is 0 Å². The van der Waals surface area contributed by atoms with Gasteiger partial charge in [-0.2, -0.15) is 0 Å². The molecule has 0 radical (unpaired) electrons. The van der Waals surface area contributed by atoms with Gasteiger partial charge >= 0.3 is 0 Å². The third-order valence-electron chi connectivity index (χ3n) is 2.55. The molecule has 17 heavy (non-hydrogen) atoms. The van der Waals surface area contributed by atoms with Crippen LogP contribution in [-0.4, -0.2) is 5.91 Å². The van der Waals surface area contributed by atoms with Crippen LogP contribution in [0.5, 0.6) is 0 Å². The van der Waals surface area contributed by atoms with Crippen LogP contribution in [0.4, 0.5) is 11.4 Å². The van der Waals surface area contributed by atoms with Crippen molar-refractivity contribution < 1.29 is 4.79 Å². The van der Waals surface area contributed by atoms with Crippen LogP contribution in [-0.2, 0) is 4.79 Å². The highest BCUT2D eigenvalue weighted by Crippen LogP contribution is 2.26. The minimum atomic E-state index is -0.216. The summed E-state index contributed by atoms with van der Waals surface area (Å²) in [4.78, 5) is 11.5. The molecule has 0 aliphatic rings.